The second kappa shape index (κ2) is 5.28. The molecule has 1 fully saturated rings. The van der Waals surface area contributed by atoms with E-state index < -0.39 is 0 Å². The summed E-state index contributed by atoms with van der Waals surface area (Å²) < 4.78 is 0. The molecule has 2 rings (SSSR count). The molecule has 1 aromatic heterocycles. The van der Waals surface area contributed by atoms with Crippen molar-refractivity contribution in [3.05, 3.63) is 16.1 Å². The summed E-state index contributed by atoms with van der Waals surface area (Å²) in [4.78, 5) is 4.75. The van der Waals surface area contributed by atoms with Gasteiger partial charge in [0.15, 0.2) is 0 Å². The van der Waals surface area contributed by atoms with Gasteiger partial charge in [0.25, 0.3) is 0 Å². The Morgan fingerprint density at radius 2 is 2.31 bits per heavy atom. The standard InChI is InChI=1S/C13H22N2S/c1-9(2)6-7-13-15-12(8-16-13)10-4-3-5-11(10)14/h8-11H,3-7,14H2,1-2H3. The van der Waals surface area contributed by atoms with Gasteiger partial charge in [0.1, 0.15) is 0 Å². The molecule has 2 nitrogen and oxygen atoms in total. The van der Waals surface area contributed by atoms with Gasteiger partial charge in [-0.25, -0.2) is 4.98 Å². The van der Waals surface area contributed by atoms with Gasteiger partial charge in [-0.05, 0) is 31.6 Å². The molecule has 2 N–H and O–H groups in total. The van der Waals surface area contributed by atoms with Gasteiger partial charge in [0.05, 0.1) is 10.7 Å². The van der Waals surface area contributed by atoms with Crippen molar-refractivity contribution in [2.24, 2.45) is 11.7 Å². The highest BCUT2D eigenvalue weighted by molar-refractivity contribution is 7.09. The maximum Gasteiger partial charge on any atom is 0.0928 e. The molecule has 1 saturated carbocycles. The van der Waals surface area contributed by atoms with E-state index in [1.807, 2.05) is 11.3 Å². The molecule has 0 spiro atoms. The number of rotatable bonds is 4. The van der Waals surface area contributed by atoms with Gasteiger partial charge in [-0.1, -0.05) is 20.3 Å². The number of aryl methyl sites for hydroxylation is 1. The van der Waals surface area contributed by atoms with E-state index in [0.29, 0.717) is 12.0 Å². The highest BCUT2D eigenvalue weighted by Gasteiger charge is 2.27. The first-order valence-corrected chi connectivity index (χ1v) is 7.24. The molecule has 2 unspecified atom stereocenters. The van der Waals surface area contributed by atoms with E-state index >= 15 is 0 Å². The second-order valence-corrected chi connectivity index (χ2v) is 6.24. The summed E-state index contributed by atoms with van der Waals surface area (Å²) in [6, 6.07) is 0.347. The predicted octanol–water partition coefficient (Wildman–Crippen LogP) is 3.33. The lowest BCUT2D eigenvalue weighted by atomic mass is 10.0. The van der Waals surface area contributed by atoms with E-state index in [2.05, 4.69) is 19.2 Å². The van der Waals surface area contributed by atoms with E-state index in [1.165, 1.54) is 36.4 Å². The minimum Gasteiger partial charge on any atom is -0.327 e. The number of aromatic nitrogens is 1. The Labute approximate surface area is 102 Å². The van der Waals surface area contributed by atoms with Crippen molar-refractivity contribution in [3.8, 4) is 0 Å². The van der Waals surface area contributed by atoms with Crippen LogP contribution in [-0.2, 0) is 6.42 Å². The molecule has 16 heavy (non-hydrogen) atoms. The Morgan fingerprint density at radius 1 is 1.50 bits per heavy atom. The quantitative estimate of drug-likeness (QED) is 0.874. The zero-order valence-electron chi connectivity index (χ0n) is 10.3. The van der Waals surface area contributed by atoms with E-state index in [4.69, 9.17) is 10.7 Å². The number of nitrogens with two attached hydrogens (primary N) is 1. The average molecular weight is 238 g/mol. The number of hydrogen-bond donors (Lipinski definition) is 1. The minimum absolute atomic E-state index is 0.347. The molecule has 0 saturated heterocycles. The van der Waals surface area contributed by atoms with Crippen LogP contribution in [0.4, 0.5) is 0 Å². The Hall–Kier alpha value is -0.410. The topological polar surface area (TPSA) is 38.9 Å². The van der Waals surface area contributed by atoms with Crippen LogP contribution in [0.15, 0.2) is 5.38 Å². The first-order chi connectivity index (χ1) is 7.66. The molecule has 0 bridgehead atoms. The first kappa shape index (κ1) is 12.1. The maximum absolute atomic E-state index is 6.11. The van der Waals surface area contributed by atoms with Crippen LogP contribution in [0.1, 0.15) is 56.2 Å². The van der Waals surface area contributed by atoms with Gasteiger partial charge in [-0.15, -0.1) is 11.3 Å². The molecule has 1 aromatic rings. The summed E-state index contributed by atoms with van der Waals surface area (Å²) in [6.45, 7) is 4.53. The van der Waals surface area contributed by atoms with Gasteiger partial charge in [-0.2, -0.15) is 0 Å². The SMILES string of the molecule is CC(C)CCc1nc(C2CCCC2N)cs1. The van der Waals surface area contributed by atoms with Gasteiger partial charge in [-0.3, -0.25) is 0 Å². The average Bonchev–Trinajstić information content (AvgIpc) is 2.83. The van der Waals surface area contributed by atoms with Crippen molar-refractivity contribution in [2.45, 2.75) is 57.9 Å². The highest BCUT2D eigenvalue weighted by Crippen LogP contribution is 2.33. The molecular weight excluding hydrogens is 216 g/mol. The van der Waals surface area contributed by atoms with Crippen LogP contribution >= 0.6 is 11.3 Å². The minimum atomic E-state index is 0.347. The lowest BCUT2D eigenvalue weighted by Gasteiger charge is -2.11. The Balaban J connectivity index is 1.96. The molecule has 0 amide bonds. The molecule has 1 heterocycles. The number of hydrogen-bond acceptors (Lipinski definition) is 3. The fraction of sp³-hybridized carbons (Fsp3) is 0.769. The van der Waals surface area contributed by atoms with Crippen molar-refractivity contribution in [1.29, 1.82) is 0 Å². The zero-order chi connectivity index (χ0) is 11.5. The van der Waals surface area contributed by atoms with Crippen molar-refractivity contribution in [1.82, 2.24) is 4.98 Å². The van der Waals surface area contributed by atoms with Crippen LogP contribution in [0, 0.1) is 5.92 Å². The highest BCUT2D eigenvalue weighted by atomic mass is 32.1. The monoisotopic (exact) mass is 238 g/mol. The lowest BCUT2D eigenvalue weighted by Crippen LogP contribution is -2.22. The Bertz CT molecular complexity index is 332. The molecular formula is C13H22N2S. The Morgan fingerprint density at radius 3 is 2.94 bits per heavy atom. The third-order valence-electron chi connectivity index (χ3n) is 3.45. The molecule has 1 aliphatic carbocycles. The summed E-state index contributed by atoms with van der Waals surface area (Å²) in [6.07, 6.45) is 6.04. The number of thiazole rings is 1. The van der Waals surface area contributed by atoms with E-state index in [-0.39, 0.29) is 0 Å². The zero-order valence-corrected chi connectivity index (χ0v) is 11.1. The Kier molecular flexibility index (Phi) is 3.98. The summed E-state index contributed by atoms with van der Waals surface area (Å²) in [5.41, 5.74) is 7.37. The molecule has 3 heteroatoms. The summed E-state index contributed by atoms with van der Waals surface area (Å²) in [5, 5.41) is 3.52. The van der Waals surface area contributed by atoms with Crippen molar-refractivity contribution < 1.29 is 0 Å². The van der Waals surface area contributed by atoms with Gasteiger partial charge < -0.3 is 5.73 Å². The van der Waals surface area contributed by atoms with Crippen molar-refractivity contribution >= 4 is 11.3 Å². The molecule has 2 atom stereocenters. The van der Waals surface area contributed by atoms with Crippen molar-refractivity contribution in [3.63, 3.8) is 0 Å². The largest absolute Gasteiger partial charge is 0.327 e. The van der Waals surface area contributed by atoms with Crippen LogP contribution in [0.2, 0.25) is 0 Å². The fourth-order valence-electron chi connectivity index (χ4n) is 2.38. The van der Waals surface area contributed by atoms with Gasteiger partial charge in [0, 0.05) is 17.3 Å². The normalized spacial score (nSPS) is 25.5. The summed E-state index contributed by atoms with van der Waals surface area (Å²) in [7, 11) is 0. The summed E-state index contributed by atoms with van der Waals surface area (Å²) >= 11 is 1.81. The van der Waals surface area contributed by atoms with Crippen LogP contribution in [-0.4, -0.2) is 11.0 Å². The molecule has 0 aromatic carbocycles. The van der Waals surface area contributed by atoms with E-state index in [9.17, 15) is 0 Å². The van der Waals surface area contributed by atoms with Gasteiger partial charge >= 0.3 is 0 Å². The van der Waals surface area contributed by atoms with E-state index in [0.717, 1.165) is 12.3 Å². The second-order valence-electron chi connectivity index (χ2n) is 5.30. The van der Waals surface area contributed by atoms with Crippen molar-refractivity contribution in [2.75, 3.05) is 0 Å². The van der Waals surface area contributed by atoms with Crippen LogP contribution in [0.25, 0.3) is 0 Å². The molecule has 0 radical (unpaired) electrons. The van der Waals surface area contributed by atoms with Crippen LogP contribution < -0.4 is 5.73 Å². The van der Waals surface area contributed by atoms with Crippen LogP contribution in [0.3, 0.4) is 0 Å². The maximum atomic E-state index is 6.11. The smallest absolute Gasteiger partial charge is 0.0928 e. The predicted molar refractivity (Wildman–Crippen MR) is 69.8 cm³/mol. The fourth-order valence-corrected chi connectivity index (χ4v) is 3.26. The first-order valence-electron chi connectivity index (χ1n) is 6.36. The third-order valence-corrected chi connectivity index (χ3v) is 4.38. The molecule has 1 aliphatic rings. The third kappa shape index (κ3) is 2.83. The van der Waals surface area contributed by atoms with Crippen LogP contribution in [0.5, 0.6) is 0 Å². The number of nitrogens with zero attached hydrogens (tertiary/aromatic N) is 1. The van der Waals surface area contributed by atoms with E-state index in [1.54, 1.807) is 0 Å². The van der Waals surface area contributed by atoms with Gasteiger partial charge in [0.2, 0.25) is 0 Å². The molecule has 90 valence electrons. The lowest BCUT2D eigenvalue weighted by molar-refractivity contribution is 0.577. The molecule has 0 aliphatic heterocycles. The summed E-state index contributed by atoms with van der Waals surface area (Å²) in [5.74, 6) is 1.30.